The smallest absolute Gasteiger partial charge is 0.275 e. The molecule has 1 amide bonds. The Hall–Kier alpha value is -3.55. The Morgan fingerprint density at radius 1 is 1.08 bits per heavy atom. The van der Waals surface area contributed by atoms with Gasteiger partial charge in [-0.1, -0.05) is 12.1 Å². The van der Waals surface area contributed by atoms with Crippen LogP contribution in [0.5, 0.6) is 0 Å². The molecule has 0 radical (unpaired) electrons. The molecule has 0 atom stereocenters. The van der Waals surface area contributed by atoms with E-state index in [1.807, 2.05) is 6.07 Å². The Morgan fingerprint density at radius 2 is 1.96 bits per heavy atom. The molecule has 2 heterocycles. The zero-order valence-corrected chi connectivity index (χ0v) is 12.7. The Balaban J connectivity index is 1.61. The van der Waals surface area contributed by atoms with E-state index in [9.17, 15) is 4.79 Å². The minimum absolute atomic E-state index is 0.198. The van der Waals surface area contributed by atoms with Crippen molar-refractivity contribution < 1.29 is 4.79 Å². The molecule has 120 valence electrons. The summed E-state index contributed by atoms with van der Waals surface area (Å²) >= 11 is 0. The van der Waals surface area contributed by atoms with E-state index in [-0.39, 0.29) is 11.6 Å². The van der Waals surface area contributed by atoms with Crippen LogP contribution in [0.3, 0.4) is 0 Å². The van der Waals surface area contributed by atoms with E-state index in [1.165, 1.54) is 12.4 Å². The molecule has 4 N–H and O–H groups in total. The van der Waals surface area contributed by atoms with Crippen LogP contribution in [0, 0.1) is 0 Å². The van der Waals surface area contributed by atoms with Gasteiger partial charge < -0.3 is 16.4 Å². The van der Waals surface area contributed by atoms with Crippen LogP contribution in [0.25, 0.3) is 0 Å². The number of carbonyl (C=O) groups excluding carboxylic acids is 1. The van der Waals surface area contributed by atoms with E-state index < -0.39 is 0 Å². The van der Waals surface area contributed by atoms with E-state index in [0.29, 0.717) is 23.7 Å². The molecule has 0 aliphatic heterocycles. The van der Waals surface area contributed by atoms with Gasteiger partial charge in [0.05, 0.1) is 36.0 Å². The van der Waals surface area contributed by atoms with Gasteiger partial charge in [-0.3, -0.25) is 4.79 Å². The van der Waals surface area contributed by atoms with Crippen molar-refractivity contribution in [1.82, 2.24) is 20.2 Å². The van der Waals surface area contributed by atoms with Crippen LogP contribution in [0.2, 0.25) is 0 Å². The van der Waals surface area contributed by atoms with Gasteiger partial charge in [0.15, 0.2) is 0 Å². The summed E-state index contributed by atoms with van der Waals surface area (Å²) in [4.78, 5) is 20.4. The Bertz CT molecular complexity index is 821. The molecule has 0 bridgehead atoms. The summed E-state index contributed by atoms with van der Waals surface area (Å²) in [5.41, 5.74) is 7.79. The van der Waals surface area contributed by atoms with Crippen LogP contribution >= 0.6 is 0 Å². The quantitative estimate of drug-likeness (QED) is 0.612. The average molecular weight is 321 g/mol. The second kappa shape index (κ2) is 7.14. The first-order chi connectivity index (χ1) is 11.7. The van der Waals surface area contributed by atoms with Gasteiger partial charge in [-0.15, -0.1) is 0 Å². The highest BCUT2D eigenvalue weighted by molar-refractivity contribution is 6.04. The number of amides is 1. The maximum atomic E-state index is 12.1. The van der Waals surface area contributed by atoms with Crippen molar-refractivity contribution in [2.24, 2.45) is 0 Å². The standard InChI is InChI=1S/C16H15N7O/c17-12-5-1-2-6-13(12)22-16(24)14-9-20-15(10-18-14)19-8-11-4-3-7-21-23-11/h1-7,9-10H,8,17H2,(H,19,20)(H,22,24). The molecule has 1 aromatic carbocycles. The van der Waals surface area contributed by atoms with Crippen molar-refractivity contribution in [2.45, 2.75) is 6.54 Å². The first-order valence-corrected chi connectivity index (χ1v) is 7.21. The van der Waals surface area contributed by atoms with Gasteiger partial charge in [-0.2, -0.15) is 10.2 Å². The average Bonchev–Trinajstić information content (AvgIpc) is 2.63. The largest absolute Gasteiger partial charge is 0.397 e. The maximum absolute atomic E-state index is 12.1. The van der Waals surface area contributed by atoms with E-state index >= 15 is 0 Å². The van der Waals surface area contributed by atoms with Gasteiger partial charge in [0.25, 0.3) is 5.91 Å². The molecule has 0 saturated carbocycles. The number of hydrogen-bond donors (Lipinski definition) is 3. The van der Waals surface area contributed by atoms with Crippen LogP contribution in [0.15, 0.2) is 55.0 Å². The lowest BCUT2D eigenvalue weighted by Crippen LogP contribution is -2.15. The molecule has 3 rings (SSSR count). The summed E-state index contributed by atoms with van der Waals surface area (Å²) in [7, 11) is 0. The third-order valence-corrected chi connectivity index (χ3v) is 3.17. The number of rotatable bonds is 5. The number of nitrogens with zero attached hydrogens (tertiary/aromatic N) is 4. The highest BCUT2D eigenvalue weighted by atomic mass is 16.1. The lowest BCUT2D eigenvalue weighted by Gasteiger charge is -2.08. The molecule has 0 aliphatic carbocycles. The van der Waals surface area contributed by atoms with E-state index in [4.69, 9.17) is 5.73 Å². The van der Waals surface area contributed by atoms with Crippen LogP contribution in [-0.4, -0.2) is 26.1 Å². The predicted molar refractivity (Wildman–Crippen MR) is 90.2 cm³/mol. The molecule has 2 aromatic heterocycles. The first kappa shape index (κ1) is 15.3. The van der Waals surface area contributed by atoms with Crippen molar-refractivity contribution in [3.63, 3.8) is 0 Å². The van der Waals surface area contributed by atoms with E-state index in [0.717, 1.165) is 5.69 Å². The fourth-order valence-corrected chi connectivity index (χ4v) is 1.94. The maximum Gasteiger partial charge on any atom is 0.275 e. The first-order valence-electron chi connectivity index (χ1n) is 7.21. The molecule has 8 heteroatoms. The highest BCUT2D eigenvalue weighted by Gasteiger charge is 2.10. The number of benzene rings is 1. The Labute approximate surface area is 138 Å². The number of para-hydroxylation sites is 2. The van der Waals surface area contributed by atoms with E-state index in [2.05, 4.69) is 30.8 Å². The topological polar surface area (TPSA) is 119 Å². The number of nitrogen functional groups attached to an aromatic ring is 1. The molecular weight excluding hydrogens is 306 g/mol. The normalized spacial score (nSPS) is 10.2. The second-order valence-corrected chi connectivity index (χ2v) is 4.90. The molecule has 0 spiro atoms. The fourth-order valence-electron chi connectivity index (χ4n) is 1.94. The summed E-state index contributed by atoms with van der Waals surface area (Å²) in [6, 6.07) is 10.7. The van der Waals surface area contributed by atoms with Gasteiger partial charge in [0.1, 0.15) is 11.5 Å². The summed E-state index contributed by atoms with van der Waals surface area (Å²) in [6.07, 6.45) is 4.49. The number of anilines is 3. The summed E-state index contributed by atoms with van der Waals surface area (Å²) in [6.45, 7) is 0.467. The lowest BCUT2D eigenvalue weighted by molar-refractivity contribution is 0.102. The van der Waals surface area contributed by atoms with Crippen LogP contribution < -0.4 is 16.4 Å². The molecule has 0 aliphatic rings. The minimum atomic E-state index is -0.374. The Kier molecular flexibility index (Phi) is 4.57. The molecule has 0 saturated heterocycles. The summed E-state index contributed by atoms with van der Waals surface area (Å²) in [5, 5.41) is 13.5. The van der Waals surface area contributed by atoms with Gasteiger partial charge in [0.2, 0.25) is 0 Å². The van der Waals surface area contributed by atoms with E-state index in [1.54, 1.807) is 36.5 Å². The zero-order valence-electron chi connectivity index (χ0n) is 12.7. The molecule has 3 aromatic rings. The number of aromatic nitrogens is 4. The predicted octanol–water partition coefficient (Wildman–Crippen LogP) is 1.71. The van der Waals surface area contributed by atoms with Gasteiger partial charge >= 0.3 is 0 Å². The summed E-state index contributed by atoms with van der Waals surface area (Å²) in [5.74, 6) is 0.164. The molecule has 8 nitrogen and oxygen atoms in total. The minimum Gasteiger partial charge on any atom is -0.397 e. The van der Waals surface area contributed by atoms with Gasteiger partial charge in [0, 0.05) is 6.20 Å². The van der Waals surface area contributed by atoms with Gasteiger partial charge in [-0.05, 0) is 24.3 Å². The van der Waals surface area contributed by atoms with Crippen LogP contribution in [-0.2, 0) is 6.54 Å². The fraction of sp³-hybridized carbons (Fsp3) is 0.0625. The van der Waals surface area contributed by atoms with Crippen molar-refractivity contribution in [1.29, 1.82) is 0 Å². The van der Waals surface area contributed by atoms with Crippen LogP contribution in [0.4, 0.5) is 17.2 Å². The van der Waals surface area contributed by atoms with Crippen LogP contribution in [0.1, 0.15) is 16.2 Å². The number of nitrogens with two attached hydrogens (primary N) is 1. The molecule has 0 fully saturated rings. The Morgan fingerprint density at radius 3 is 2.67 bits per heavy atom. The molecule has 0 unspecified atom stereocenters. The van der Waals surface area contributed by atoms with Crippen molar-refractivity contribution in [3.05, 3.63) is 66.4 Å². The number of hydrogen-bond acceptors (Lipinski definition) is 7. The highest BCUT2D eigenvalue weighted by Crippen LogP contribution is 2.17. The van der Waals surface area contributed by atoms with Gasteiger partial charge in [-0.25, -0.2) is 9.97 Å². The summed E-state index contributed by atoms with van der Waals surface area (Å²) < 4.78 is 0. The number of carbonyl (C=O) groups is 1. The zero-order chi connectivity index (χ0) is 16.8. The third kappa shape index (κ3) is 3.80. The molecule has 24 heavy (non-hydrogen) atoms. The third-order valence-electron chi connectivity index (χ3n) is 3.17. The lowest BCUT2D eigenvalue weighted by atomic mass is 10.2. The van der Waals surface area contributed by atoms with Crippen molar-refractivity contribution in [2.75, 3.05) is 16.4 Å². The SMILES string of the molecule is Nc1ccccc1NC(=O)c1cnc(NCc2cccnn2)cn1. The van der Waals surface area contributed by atoms with Crippen molar-refractivity contribution >= 4 is 23.1 Å². The molecular formula is C16H15N7O. The monoisotopic (exact) mass is 321 g/mol. The number of nitrogens with one attached hydrogen (secondary N) is 2. The van der Waals surface area contributed by atoms with Crippen molar-refractivity contribution in [3.8, 4) is 0 Å². The second-order valence-electron chi connectivity index (χ2n) is 4.90.